The smallest absolute Gasteiger partial charge is 0.265 e. The monoisotopic (exact) mass is 335 g/mol. The molecule has 21 heavy (non-hydrogen) atoms. The molecule has 0 saturated heterocycles. The van der Waals surface area contributed by atoms with E-state index in [1.807, 2.05) is 0 Å². The molecule has 0 spiro atoms. The maximum atomic E-state index is 12.1. The Bertz CT molecular complexity index is 623. The van der Waals surface area contributed by atoms with Gasteiger partial charge in [0.2, 0.25) is 0 Å². The van der Waals surface area contributed by atoms with Crippen LogP contribution < -0.4 is 10.6 Å². The Labute approximate surface area is 129 Å². The van der Waals surface area contributed by atoms with Gasteiger partial charge in [0.05, 0.1) is 12.3 Å². The van der Waals surface area contributed by atoms with Crippen LogP contribution in [0.4, 0.5) is 10.7 Å². The second-order valence-electron chi connectivity index (χ2n) is 4.87. The first-order chi connectivity index (χ1) is 9.61. The molecule has 0 saturated carbocycles. The van der Waals surface area contributed by atoms with Crippen molar-refractivity contribution in [3.63, 3.8) is 0 Å². The van der Waals surface area contributed by atoms with Crippen molar-refractivity contribution in [1.82, 2.24) is 4.90 Å². The maximum absolute atomic E-state index is 12.1. The average Bonchev–Trinajstić information content (AvgIpc) is 2.72. The van der Waals surface area contributed by atoms with Crippen molar-refractivity contribution in [2.45, 2.75) is 4.90 Å². The lowest BCUT2D eigenvalue weighted by Gasteiger charge is -2.18. The number of thiophene rings is 1. The second kappa shape index (κ2) is 6.63. The fourth-order valence-electron chi connectivity index (χ4n) is 1.72. The molecule has 1 rings (SSSR count). The van der Waals surface area contributed by atoms with Crippen molar-refractivity contribution in [3.05, 3.63) is 4.88 Å². The third-order valence-corrected chi connectivity index (χ3v) is 5.42. The number of carbonyl (C=O) groups is 1. The number of anilines is 2. The molecule has 0 bridgehead atoms. The van der Waals surface area contributed by atoms with Gasteiger partial charge in [0.15, 0.2) is 9.84 Å². The van der Waals surface area contributed by atoms with E-state index in [1.54, 1.807) is 33.2 Å². The molecule has 1 aromatic rings. The summed E-state index contributed by atoms with van der Waals surface area (Å²) in [5, 5.41) is 0.456. The SMILES string of the molecule is COCCN(C)c1sc(C(=O)N(C)C)c(N)c1S(C)(=O)=O. The number of sulfone groups is 1. The van der Waals surface area contributed by atoms with Crippen LogP contribution in [0, 0.1) is 0 Å². The van der Waals surface area contributed by atoms with Crippen LogP contribution in [0.5, 0.6) is 0 Å². The Morgan fingerprint density at radius 2 is 1.90 bits per heavy atom. The predicted octanol–water partition coefficient (Wildman–Crippen LogP) is 0.518. The van der Waals surface area contributed by atoms with Gasteiger partial charge in [-0.3, -0.25) is 4.79 Å². The largest absolute Gasteiger partial charge is 0.396 e. The minimum atomic E-state index is -3.54. The van der Waals surface area contributed by atoms with E-state index in [0.717, 1.165) is 17.6 Å². The molecule has 0 aromatic carbocycles. The first kappa shape index (κ1) is 17.7. The summed E-state index contributed by atoms with van der Waals surface area (Å²) in [6.07, 6.45) is 1.09. The van der Waals surface area contributed by atoms with E-state index in [-0.39, 0.29) is 21.4 Å². The zero-order chi connectivity index (χ0) is 16.4. The van der Waals surface area contributed by atoms with Crippen LogP contribution >= 0.6 is 11.3 Å². The molecule has 120 valence electrons. The number of hydrogen-bond acceptors (Lipinski definition) is 7. The summed E-state index contributed by atoms with van der Waals surface area (Å²) in [6, 6.07) is 0. The number of amides is 1. The predicted molar refractivity (Wildman–Crippen MR) is 85.0 cm³/mol. The lowest BCUT2D eigenvalue weighted by atomic mass is 10.3. The van der Waals surface area contributed by atoms with Crippen LogP contribution in [0.2, 0.25) is 0 Å². The van der Waals surface area contributed by atoms with Crippen LogP contribution in [0.1, 0.15) is 9.67 Å². The highest BCUT2D eigenvalue weighted by molar-refractivity contribution is 7.91. The van der Waals surface area contributed by atoms with Crippen molar-refractivity contribution in [1.29, 1.82) is 0 Å². The van der Waals surface area contributed by atoms with Gasteiger partial charge in [-0.2, -0.15) is 0 Å². The number of nitrogens with two attached hydrogens (primary N) is 1. The van der Waals surface area contributed by atoms with Gasteiger partial charge in [-0.1, -0.05) is 0 Å². The topological polar surface area (TPSA) is 92.9 Å². The standard InChI is InChI=1S/C12H21N3O4S2/c1-14(2)11(16)9-8(13)10(21(5,17)18)12(20-9)15(3)6-7-19-4/h6-7,13H2,1-5H3. The van der Waals surface area contributed by atoms with Crippen molar-refractivity contribution in [2.75, 3.05) is 58.3 Å². The number of likely N-dealkylation sites (N-methyl/N-ethyl adjacent to an activating group) is 1. The Morgan fingerprint density at radius 1 is 1.33 bits per heavy atom. The molecule has 2 N–H and O–H groups in total. The fraction of sp³-hybridized carbons (Fsp3) is 0.583. The molecule has 1 heterocycles. The Morgan fingerprint density at radius 3 is 2.33 bits per heavy atom. The number of nitrogens with zero attached hydrogens (tertiary/aromatic N) is 2. The van der Waals surface area contributed by atoms with E-state index in [9.17, 15) is 13.2 Å². The lowest BCUT2D eigenvalue weighted by Crippen LogP contribution is -2.22. The molecule has 1 amide bonds. The van der Waals surface area contributed by atoms with Gasteiger partial charge in [-0.25, -0.2) is 8.42 Å². The van der Waals surface area contributed by atoms with E-state index >= 15 is 0 Å². The number of hydrogen-bond donors (Lipinski definition) is 1. The zero-order valence-corrected chi connectivity index (χ0v) is 14.5. The normalized spacial score (nSPS) is 11.5. The Kier molecular flexibility index (Phi) is 5.60. The van der Waals surface area contributed by atoms with Gasteiger partial charge < -0.3 is 20.3 Å². The number of nitrogen functional groups attached to an aromatic ring is 1. The fourth-order valence-corrected chi connectivity index (χ4v) is 4.46. The summed E-state index contributed by atoms with van der Waals surface area (Å²) in [5.74, 6) is -0.311. The summed E-state index contributed by atoms with van der Waals surface area (Å²) in [4.78, 5) is 15.5. The third kappa shape index (κ3) is 3.86. The van der Waals surface area contributed by atoms with Gasteiger partial charge in [0.25, 0.3) is 5.91 Å². The van der Waals surface area contributed by atoms with Gasteiger partial charge in [0.1, 0.15) is 14.8 Å². The molecule has 1 aromatic heterocycles. The van der Waals surface area contributed by atoms with Gasteiger partial charge in [-0.05, 0) is 0 Å². The van der Waals surface area contributed by atoms with Gasteiger partial charge in [-0.15, -0.1) is 11.3 Å². The minimum Gasteiger partial charge on any atom is -0.396 e. The number of methoxy groups -OCH3 is 1. The zero-order valence-electron chi connectivity index (χ0n) is 12.8. The van der Waals surface area contributed by atoms with Gasteiger partial charge in [0, 0.05) is 41.1 Å². The summed E-state index contributed by atoms with van der Waals surface area (Å²) in [6.45, 7) is 0.934. The molecule has 7 nitrogen and oxygen atoms in total. The summed E-state index contributed by atoms with van der Waals surface area (Å²) >= 11 is 1.08. The quantitative estimate of drug-likeness (QED) is 0.814. The highest BCUT2D eigenvalue weighted by Gasteiger charge is 2.29. The highest BCUT2D eigenvalue weighted by Crippen LogP contribution is 2.41. The minimum absolute atomic E-state index is 0.0105. The summed E-state index contributed by atoms with van der Waals surface area (Å²) in [5.41, 5.74) is 5.94. The van der Waals surface area contributed by atoms with Crippen LogP contribution in [-0.2, 0) is 14.6 Å². The molecule has 0 unspecified atom stereocenters. The second-order valence-corrected chi connectivity index (χ2v) is 7.82. The highest BCUT2D eigenvalue weighted by atomic mass is 32.2. The van der Waals surface area contributed by atoms with Gasteiger partial charge >= 0.3 is 0 Å². The van der Waals surface area contributed by atoms with Crippen molar-refractivity contribution >= 4 is 37.8 Å². The number of ether oxygens (including phenoxy) is 1. The van der Waals surface area contributed by atoms with Crippen molar-refractivity contribution < 1.29 is 17.9 Å². The first-order valence-corrected chi connectivity index (χ1v) is 8.86. The van der Waals surface area contributed by atoms with Crippen LogP contribution in [0.3, 0.4) is 0 Å². The molecular formula is C12H21N3O4S2. The van der Waals surface area contributed by atoms with Crippen molar-refractivity contribution in [3.8, 4) is 0 Å². The summed E-state index contributed by atoms with van der Waals surface area (Å²) < 4.78 is 29.0. The Balaban J connectivity index is 3.42. The van der Waals surface area contributed by atoms with E-state index < -0.39 is 9.84 Å². The molecule has 0 fully saturated rings. The van der Waals surface area contributed by atoms with E-state index in [0.29, 0.717) is 18.2 Å². The van der Waals surface area contributed by atoms with Crippen LogP contribution in [0.15, 0.2) is 4.90 Å². The van der Waals surface area contributed by atoms with Crippen LogP contribution in [-0.4, -0.2) is 66.9 Å². The molecular weight excluding hydrogens is 314 g/mol. The third-order valence-electron chi connectivity index (χ3n) is 2.83. The molecule has 0 aliphatic heterocycles. The maximum Gasteiger partial charge on any atom is 0.265 e. The molecule has 0 radical (unpaired) electrons. The lowest BCUT2D eigenvalue weighted by molar-refractivity contribution is 0.0833. The molecule has 0 atom stereocenters. The molecule has 9 heteroatoms. The molecule has 0 aliphatic rings. The van der Waals surface area contributed by atoms with Crippen molar-refractivity contribution in [2.24, 2.45) is 0 Å². The molecule has 0 aliphatic carbocycles. The Hall–Kier alpha value is -1.32. The average molecular weight is 335 g/mol. The summed E-state index contributed by atoms with van der Waals surface area (Å²) in [7, 11) is 2.95. The van der Waals surface area contributed by atoms with E-state index in [4.69, 9.17) is 10.5 Å². The first-order valence-electron chi connectivity index (χ1n) is 6.15. The van der Waals surface area contributed by atoms with Crippen LogP contribution in [0.25, 0.3) is 0 Å². The van der Waals surface area contributed by atoms with E-state index in [2.05, 4.69) is 0 Å². The number of carbonyl (C=O) groups excluding carboxylic acids is 1. The number of rotatable bonds is 6. The van der Waals surface area contributed by atoms with E-state index in [1.165, 1.54) is 4.90 Å².